The highest BCUT2D eigenvalue weighted by Crippen LogP contribution is 2.22. The van der Waals surface area contributed by atoms with Crippen molar-refractivity contribution in [2.24, 2.45) is 0 Å². The summed E-state index contributed by atoms with van der Waals surface area (Å²) in [6.07, 6.45) is 0.496. The number of hydrogen-bond donors (Lipinski definition) is 1. The summed E-state index contributed by atoms with van der Waals surface area (Å²) < 4.78 is 0. The lowest BCUT2D eigenvalue weighted by atomic mass is 9.99. The number of nitrogens with zero attached hydrogens (tertiary/aromatic N) is 2. The van der Waals surface area contributed by atoms with Crippen LogP contribution in [0.4, 0.5) is 0 Å². The Balaban J connectivity index is 1.82. The quantitative estimate of drug-likeness (QED) is 0.894. The average Bonchev–Trinajstić information content (AvgIpc) is 2.45. The van der Waals surface area contributed by atoms with Crippen molar-refractivity contribution in [1.29, 1.82) is 0 Å². The highest BCUT2D eigenvalue weighted by Gasteiger charge is 2.17. The number of benzene rings is 1. The van der Waals surface area contributed by atoms with Crippen LogP contribution >= 0.6 is 0 Å². The van der Waals surface area contributed by atoms with Crippen molar-refractivity contribution < 1.29 is 5.11 Å². The number of aliphatic hydroxyl groups is 1. The first kappa shape index (κ1) is 15.5. The molecule has 1 heterocycles. The van der Waals surface area contributed by atoms with E-state index in [0.29, 0.717) is 0 Å². The highest BCUT2D eigenvalue weighted by atomic mass is 16.3. The van der Waals surface area contributed by atoms with Gasteiger partial charge in [-0.3, -0.25) is 0 Å². The molecule has 1 fully saturated rings. The lowest BCUT2D eigenvalue weighted by molar-refractivity contribution is 0.105. The molecule has 1 aliphatic heterocycles. The van der Waals surface area contributed by atoms with Crippen molar-refractivity contribution in [3.63, 3.8) is 0 Å². The summed E-state index contributed by atoms with van der Waals surface area (Å²) >= 11 is 0. The average molecular weight is 276 g/mol. The molecule has 0 saturated carbocycles. The fraction of sp³-hybridized carbons (Fsp3) is 0.647. The van der Waals surface area contributed by atoms with E-state index >= 15 is 0 Å². The normalized spacial score (nSPS) is 19.2. The number of aliphatic hydroxyl groups excluding tert-OH is 1. The van der Waals surface area contributed by atoms with Crippen molar-refractivity contribution in [3.05, 3.63) is 34.9 Å². The topological polar surface area (TPSA) is 26.7 Å². The Labute approximate surface area is 123 Å². The fourth-order valence-corrected chi connectivity index (χ4v) is 2.99. The van der Waals surface area contributed by atoms with Crippen molar-refractivity contribution in [1.82, 2.24) is 9.80 Å². The first-order valence-corrected chi connectivity index (χ1v) is 7.80. The Bertz CT molecular complexity index is 425. The van der Waals surface area contributed by atoms with Gasteiger partial charge in [-0.2, -0.15) is 0 Å². The van der Waals surface area contributed by atoms with Crippen molar-refractivity contribution in [2.75, 3.05) is 39.3 Å². The fourth-order valence-electron chi connectivity index (χ4n) is 2.99. The lowest BCUT2D eigenvalue weighted by Crippen LogP contribution is -2.46. The number of aryl methyl sites for hydroxylation is 2. The van der Waals surface area contributed by atoms with Crippen LogP contribution in [-0.2, 0) is 0 Å². The zero-order valence-electron chi connectivity index (χ0n) is 13.1. The lowest BCUT2D eigenvalue weighted by Gasteiger charge is -2.34. The summed E-state index contributed by atoms with van der Waals surface area (Å²) in [5, 5.41) is 10.4. The van der Waals surface area contributed by atoms with E-state index in [0.717, 1.165) is 51.3 Å². The van der Waals surface area contributed by atoms with Crippen LogP contribution in [0.5, 0.6) is 0 Å². The second-order valence-electron chi connectivity index (χ2n) is 5.94. The second-order valence-corrected chi connectivity index (χ2v) is 5.94. The van der Waals surface area contributed by atoms with Gasteiger partial charge in [0.1, 0.15) is 0 Å². The van der Waals surface area contributed by atoms with Gasteiger partial charge in [0.05, 0.1) is 6.10 Å². The minimum Gasteiger partial charge on any atom is -0.388 e. The summed E-state index contributed by atoms with van der Waals surface area (Å²) in [5.41, 5.74) is 3.55. The monoisotopic (exact) mass is 276 g/mol. The van der Waals surface area contributed by atoms with Gasteiger partial charge in [-0.25, -0.2) is 0 Å². The SMILES string of the molecule is CCN1CCN(CCC(O)c2ccc(C)cc2C)CC1. The van der Waals surface area contributed by atoms with Crippen LogP contribution < -0.4 is 0 Å². The van der Waals surface area contributed by atoms with Gasteiger partial charge in [0, 0.05) is 32.7 Å². The molecular weight excluding hydrogens is 248 g/mol. The van der Waals surface area contributed by atoms with Crippen LogP contribution in [0.1, 0.15) is 36.1 Å². The third-order valence-corrected chi connectivity index (χ3v) is 4.42. The van der Waals surface area contributed by atoms with E-state index < -0.39 is 0 Å². The number of piperazine rings is 1. The van der Waals surface area contributed by atoms with E-state index in [-0.39, 0.29) is 6.10 Å². The Hall–Kier alpha value is -0.900. The summed E-state index contributed by atoms with van der Waals surface area (Å²) in [5.74, 6) is 0. The maximum Gasteiger partial charge on any atom is 0.0804 e. The molecule has 0 radical (unpaired) electrons. The molecule has 0 amide bonds. The van der Waals surface area contributed by atoms with E-state index in [1.807, 2.05) is 0 Å². The van der Waals surface area contributed by atoms with Crippen molar-refractivity contribution >= 4 is 0 Å². The molecule has 1 aromatic rings. The van der Waals surface area contributed by atoms with Gasteiger partial charge in [0.15, 0.2) is 0 Å². The molecule has 1 unspecified atom stereocenters. The molecule has 1 atom stereocenters. The molecule has 1 aromatic carbocycles. The molecule has 3 heteroatoms. The van der Waals surface area contributed by atoms with Gasteiger partial charge in [-0.05, 0) is 37.9 Å². The first-order valence-electron chi connectivity index (χ1n) is 7.80. The van der Waals surface area contributed by atoms with Crippen LogP contribution in [0.15, 0.2) is 18.2 Å². The molecule has 2 rings (SSSR count). The van der Waals surface area contributed by atoms with Crippen LogP contribution in [0, 0.1) is 13.8 Å². The molecule has 20 heavy (non-hydrogen) atoms. The van der Waals surface area contributed by atoms with Gasteiger partial charge in [-0.1, -0.05) is 30.7 Å². The van der Waals surface area contributed by atoms with E-state index in [4.69, 9.17) is 0 Å². The molecule has 0 spiro atoms. The predicted octanol–water partition coefficient (Wildman–Crippen LogP) is 2.36. The standard InChI is InChI=1S/C17H28N2O/c1-4-18-9-11-19(12-10-18)8-7-17(20)16-6-5-14(2)13-15(16)3/h5-6,13,17,20H,4,7-12H2,1-3H3. The summed E-state index contributed by atoms with van der Waals surface area (Å²) in [6.45, 7) is 13.1. The smallest absolute Gasteiger partial charge is 0.0804 e. The van der Waals surface area contributed by atoms with Crippen LogP contribution in [0.25, 0.3) is 0 Å². The molecular formula is C17H28N2O. The van der Waals surface area contributed by atoms with E-state index in [1.165, 1.54) is 11.1 Å². The Morgan fingerprint density at radius 3 is 2.35 bits per heavy atom. The van der Waals surface area contributed by atoms with Gasteiger partial charge in [0.2, 0.25) is 0 Å². The number of hydrogen-bond acceptors (Lipinski definition) is 3. The van der Waals surface area contributed by atoms with Crippen molar-refractivity contribution in [2.45, 2.75) is 33.3 Å². The highest BCUT2D eigenvalue weighted by molar-refractivity contribution is 5.31. The largest absolute Gasteiger partial charge is 0.388 e. The van der Waals surface area contributed by atoms with Crippen LogP contribution in [-0.4, -0.2) is 54.2 Å². The van der Waals surface area contributed by atoms with Crippen LogP contribution in [0.2, 0.25) is 0 Å². The first-order chi connectivity index (χ1) is 9.60. The molecule has 0 aliphatic carbocycles. The maximum absolute atomic E-state index is 10.4. The summed E-state index contributed by atoms with van der Waals surface area (Å²) in [6, 6.07) is 6.31. The minimum atomic E-state index is -0.334. The number of likely N-dealkylation sites (N-methyl/N-ethyl adjacent to an activating group) is 1. The molecule has 3 nitrogen and oxygen atoms in total. The second kappa shape index (κ2) is 7.21. The van der Waals surface area contributed by atoms with E-state index in [2.05, 4.69) is 48.8 Å². The molecule has 112 valence electrons. The number of rotatable bonds is 5. The molecule has 1 aliphatic rings. The van der Waals surface area contributed by atoms with Gasteiger partial charge < -0.3 is 14.9 Å². The van der Waals surface area contributed by atoms with E-state index in [1.54, 1.807) is 0 Å². The molecule has 0 bridgehead atoms. The molecule has 1 N–H and O–H groups in total. The summed E-state index contributed by atoms with van der Waals surface area (Å²) in [4.78, 5) is 4.95. The zero-order valence-corrected chi connectivity index (χ0v) is 13.1. The van der Waals surface area contributed by atoms with Gasteiger partial charge in [0.25, 0.3) is 0 Å². The Morgan fingerprint density at radius 2 is 1.75 bits per heavy atom. The van der Waals surface area contributed by atoms with Crippen LogP contribution in [0.3, 0.4) is 0 Å². The van der Waals surface area contributed by atoms with Crippen molar-refractivity contribution in [3.8, 4) is 0 Å². The third kappa shape index (κ3) is 4.05. The zero-order chi connectivity index (χ0) is 14.5. The predicted molar refractivity (Wildman–Crippen MR) is 84.0 cm³/mol. The van der Waals surface area contributed by atoms with E-state index in [9.17, 15) is 5.11 Å². The van der Waals surface area contributed by atoms with Gasteiger partial charge >= 0.3 is 0 Å². The maximum atomic E-state index is 10.4. The summed E-state index contributed by atoms with van der Waals surface area (Å²) in [7, 11) is 0. The minimum absolute atomic E-state index is 0.334. The molecule has 0 aromatic heterocycles. The third-order valence-electron chi connectivity index (χ3n) is 4.42. The molecule has 1 saturated heterocycles. The Morgan fingerprint density at radius 1 is 1.10 bits per heavy atom. The Kier molecular flexibility index (Phi) is 5.58. The van der Waals surface area contributed by atoms with Gasteiger partial charge in [-0.15, -0.1) is 0 Å².